The van der Waals surface area contributed by atoms with Crippen LogP contribution in [0.5, 0.6) is 0 Å². The number of piperazine rings is 1. The summed E-state index contributed by atoms with van der Waals surface area (Å²) in [4.78, 5) is 48.3. The molecule has 6 rings (SSSR count). The summed E-state index contributed by atoms with van der Waals surface area (Å²) in [5, 5.41) is 7.38. The first kappa shape index (κ1) is 31.9. The highest BCUT2D eigenvalue weighted by Gasteiger charge is 2.36. The minimum Gasteiger partial charge on any atom is -0.436 e. The third kappa shape index (κ3) is 7.85. The van der Waals surface area contributed by atoms with Crippen LogP contribution in [0.2, 0.25) is 10.0 Å². The summed E-state index contributed by atoms with van der Waals surface area (Å²) in [7, 11) is 0. The first-order valence-corrected chi connectivity index (χ1v) is 16.9. The van der Waals surface area contributed by atoms with E-state index in [2.05, 4.69) is 15.5 Å². The number of halogens is 2. The molecular weight excluding hydrogens is 615 g/mol. The van der Waals surface area contributed by atoms with Gasteiger partial charge in [0, 0.05) is 93.1 Å². The molecule has 0 spiro atoms. The lowest BCUT2D eigenvalue weighted by Crippen LogP contribution is -2.54. The van der Waals surface area contributed by atoms with Crippen molar-refractivity contribution in [1.82, 2.24) is 24.9 Å². The van der Waals surface area contributed by atoms with Crippen LogP contribution >= 0.6 is 23.2 Å². The summed E-state index contributed by atoms with van der Waals surface area (Å²) in [5.41, 5.74) is 2.72. The number of hydrogen-bond donors (Lipinski definition) is 2. The average molecular weight is 658 g/mol. The zero-order valence-corrected chi connectivity index (χ0v) is 27.1. The maximum absolute atomic E-state index is 13.9. The second kappa shape index (κ2) is 14.6. The molecule has 45 heavy (non-hydrogen) atoms. The molecule has 4 heterocycles. The van der Waals surface area contributed by atoms with E-state index in [1.807, 2.05) is 34.1 Å². The summed E-state index contributed by atoms with van der Waals surface area (Å²) in [6.45, 7) is 6.83. The zero-order chi connectivity index (χ0) is 31.3. The van der Waals surface area contributed by atoms with Gasteiger partial charge in [0.05, 0.1) is 0 Å². The van der Waals surface area contributed by atoms with Crippen molar-refractivity contribution >= 4 is 46.9 Å². The van der Waals surface area contributed by atoms with Crippen LogP contribution in [0.3, 0.4) is 0 Å². The number of ether oxygens (including phenoxy) is 1. The highest BCUT2D eigenvalue weighted by Crippen LogP contribution is 2.26. The molecule has 4 amide bonds. The van der Waals surface area contributed by atoms with Gasteiger partial charge in [-0.05, 0) is 67.5 Å². The van der Waals surface area contributed by atoms with Gasteiger partial charge in [-0.3, -0.25) is 9.69 Å². The predicted molar refractivity (Wildman–Crippen MR) is 175 cm³/mol. The molecule has 2 aromatic carbocycles. The van der Waals surface area contributed by atoms with Gasteiger partial charge >= 0.3 is 12.1 Å². The Hall–Kier alpha value is -3.05. The van der Waals surface area contributed by atoms with E-state index < -0.39 is 12.2 Å². The van der Waals surface area contributed by atoms with E-state index in [0.29, 0.717) is 61.7 Å². The van der Waals surface area contributed by atoms with Gasteiger partial charge in [-0.25, -0.2) is 9.59 Å². The number of carbonyl (C=O) groups excluding carboxylic acids is 3. The van der Waals surface area contributed by atoms with Gasteiger partial charge in [-0.2, -0.15) is 0 Å². The van der Waals surface area contributed by atoms with Crippen LogP contribution in [0.1, 0.15) is 36.8 Å². The molecule has 2 aromatic rings. The number of nitrogens with zero attached hydrogens (tertiary/aromatic N) is 4. The van der Waals surface area contributed by atoms with Crippen molar-refractivity contribution in [3.63, 3.8) is 0 Å². The second-order valence-corrected chi connectivity index (χ2v) is 13.3. The molecule has 1 atom stereocenters. The monoisotopic (exact) mass is 656 g/mol. The molecule has 4 aliphatic rings. The topological polar surface area (TPSA) is 97.5 Å². The fraction of sp³-hybridized carbons (Fsp3) is 0.545. The Kier molecular flexibility index (Phi) is 10.3. The minimum absolute atomic E-state index is 0.0198. The van der Waals surface area contributed by atoms with Gasteiger partial charge in [0.25, 0.3) is 5.91 Å². The van der Waals surface area contributed by atoms with Gasteiger partial charge in [0.2, 0.25) is 0 Å². The highest BCUT2D eigenvalue weighted by atomic mass is 35.5. The molecule has 0 saturated carbocycles. The van der Waals surface area contributed by atoms with E-state index in [4.69, 9.17) is 27.9 Å². The lowest BCUT2D eigenvalue weighted by atomic mass is 10.0. The summed E-state index contributed by atoms with van der Waals surface area (Å²) in [6.07, 6.45) is 2.55. The van der Waals surface area contributed by atoms with E-state index in [1.54, 1.807) is 23.1 Å². The van der Waals surface area contributed by atoms with E-state index in [0.717, 1.165) is 62.3 Å². The lowest BCUT2D eigenvalue weighted by molar-refractivity contribution is -0.142. The smallest absolute Gasteiger partial charge is 0.410 e. The number of nitrogens with one attached hydrogen (secondary N) is 2. The van der Waals surface area contributed by atoms with Gasteiger partial charge in [-0.1, -0.05) is 41.4 Å². The molecule has 10 nitrogen and oxygen atoms in total. The number of piperidine rings is 2. The maximum Gasteiger partial charge on any atom is 0.410 e. The fourth-order valence-corrected chi connectivity index (χ4v) is 7.69. The molecule has 1 unspecified atom stereocenters. The van der Waals surface area contributed by atoms with Crippen LogP contribution in [0.25, 0.3) is 0 Å². The standard InChI is InChI=1S/C33H42Cl2N6O4/c34-25-19-23(20-26(35)22-25)21-30(31(42)39-12-6-27(7-13-39)38-17-10-36-11-18-38)45-33(44)40-14-8-28(9-15-40)41-16-5-24-3-1-2-4-29(24)37-32(41)43/h1-4,19-20,22,27-28,30,36H,5-18,21H2,(H,37,43). The van der Waals surface area contributed by atoms with E-state index in [1.165, 1.54) is 0 Å². The number of anilines is 1. The van der Waals surface area contributed by atoms with E-state index >= 15 is 0 Å². The van der Waals surface area contributed by atoms with Crippen molar-refractivity contribution in [3.8, 4) is 0 Å². The number of urea groups is 1. The van der Waals surface area contributed by atoms with Crippen molar-refractivity contribution in [2.75, 3.05) is 64.2 Å². The molecule has 12 heteroatoms. The number of benzene rings is 2. The van der Waals surface area contributed by atoms with Crippen LogP contribution in [-0.4, -0.2) is 115 Å². The summed E-state index contributed by atoms with van der Waals surface area (Å²) in [5.74, 6) is -0.186. The number of likely N-dealkylation sites (tertiary alicyclic amines) is 2. The van der Waals surface area contributed by atoms with Crippen molar-refractivity contribution in [2.24, 2.45) is 0 Å². The van der Waals surface area contributed by atoms with Crippen molar-refractivity contribution in [1.29, 1.82) is 0 Å². The minimum atomic E-state index is -0.990. The largest absolute Gasteiger partial charge is 0.436 e. The normalized spacial score (nSPS) is 21.1. The molecule has 4 aliphatic heterocycles. The quantitative estimate of drug-likeness (QED) is 0.476. The summed E-state index contributed by atoms with van der Waals surface area (Å²) in [6, 6.07) is 13.4. The Labute approximate surface area is 274 Å². The number of carbonyl (C=O) groups is 3. The Morgan fingerprint density at radius 3 is 2.20 bits per heavy atom. The van der Waals surface area contributed by atoms with Gasteiger partial charge in [-0.15, -0.1) is 0 Å². The molecule has 0 aliphatic carbocycles. The Morgan fingerprint density at radius 1 is 0.844 bits per heavy atom. The van der Waals surface area contributed by atoms with Crippen molar-refractivity contribution < 1.29 is 19.1 Å². The lowest BCUT2D eigenvalue weighted by Gasteiger charge is -2.41. The van der Waals surface area contributed by atoms with Crippen LogP contribution in [-0.2, 0) is 22.4 Å². The van der Waals surface area contributed by atoms with Crippen molar-refractivity contribution in [3.05, 3.63) is 63.6 Å². The average Bonchev–Trinajstić information content (AvgIpc) is 3.22. The number of rotatable bonds is 6. The molecular formula is C33H42Cl2N6O4. The molecule has 0 bridgehead atoms. The van der Waals surface area contributed by atoms with E-state index in [-0.39, 0.29) is 24.4 Å². The fourth-order valence-electron chi connectivity index (χ4n) is 7.12. The van der Waals surface area contributed by atoms with Crippen LogP contribution in [0, 0.1) is 0 Å². The molecule has 2 N–H and O–H groups in total. The zero-order valence-electron chi connectivity index (χ0n) is 25.6. The van der Waals surface area contributed by atoms with Crippen molar-refractivity contribution in [2.45, 2.75) is 56.7 Å². The van der Waals surface area contributed by atoms with Crippen LogP contribution in [0.4, 0.5) is 15.3 Å². The van der Waals surface area contributed by atoms with Gasteiger partial charge in [0.15, 0.2) is 6.10 Å². The summed E-state index contributed by atoms with van der Waals surface area (Å²) < 4.78 is 5.99. The number of para-hydroxylation sites is 1. The van der Waals surface area contributed by atoms with E-state index in [9.17, 15) is 14.4 Å². The Bertz CT molecular complexity index is 1350. The Morgan fingerprint density at radius 2 is 1.49 bits per heavy atom. The number of hydrogen-bond acceptors (Lipinski definition) is 6. The van der Waals surface area contributed by atoms with Crippen LogP contribution in [0.15, 0.2) is 42.5 Å². The highest BCUT2D eigenvalue weighted by molar-refractivity contribution is 6.34. The third-order valence-electron chi connectivity index (χ3n) is 9.61. The predicted octanol–water partition coefficient (Wildman–Crippen LogP) is 4.49. The first-order chi connectivity index (χ1) is 21.8. The Balaban J connectivity index is 1.07. The second-order valence-electron chi connectivity index (χ2n) is 12.4. The molecule has 0 radical (unpaired) electrons. The molecule has 3 saturated heterocycles. The van der Waals surface area contributed by atoms with Crippen LogP contribution < -0.4 is 10.6 Å². The van der Waals surface area contributed by atoms with Gasteiger partial charge < -0.3 is 30.1 Å². The number of fused-ring (bicyclic) bond motifs is 1. The summed E-state index contributed by atoms with van der Waals surface area (Å²) >= 11 is 12.5. The number of amides is 4. The first-order valence-electron chi connectivity index (χ1n) is 16.1. The van der Waals surface area contributed by atoms with Gasteiger partial charge in [0.1, 0.15) is 0 Å². The third-order valence-corrected chi connectivity index (χ3v) is 10.0. The maximum atomic E-state index is 13.9. The molecule has 242 valence electrons. The SMILES string of the molecule is O=C(OC(Cc1cc(Cl)cc(Cl)c1)C(=O)N1CCC(N2CCNCC2)CC1)N1CCC(N2CCc3ccccc3NC2=O)CC1. The molecule has 3 fully saturated rings. The molecule has 0 aromatic heterocycles.